The quantitative estimate of drug-likeness (QED) is 0.901. The SMILES string of the molecule is CCCn1nccc1C(NC)c1ccc(F)cc1F. The van der Waals surface area contributed by atoms with Gasteiger partial charge in [0.15, 0.2) is 0 Å². The Morgan fingerprint density at radius 1 is 1.32 bits per heavy atom. The molecule has 0 amide bonds. The molecule has 1 N–H and O–H groups in total. The smallest absolute Gasteiger partial charge is 0.131 e. The van der Waals surface area contributed by atoms with E-state index < -0.39 is 11.6 Å². The molecule has 0 aliphatic carbocycles. The number of benzene rings is 1. The molecule has 1 aromatic carbocycles. The molecule has 5 heteroatoms. The van der Waals surface area contributed by atoms with Crippen LogP contribution in [0.1, 0.15) is 30.6 Å². The van der Waals surface area contributed by atoms with Crippen molar-refractivity contribution in [1.29, 1.82) is 0 Å². The standard InChI is InChI=1S/C14H17F2N3/c1-3-8-19-13(6-7-18-19)14(17-2)11-5-4-10(15)9-12(11)16/h4-7,9,14,17H,3,8H2,1-2H3. The normalized spacial score (nSPS) is 12.6. The van der Waals surface area contributed by atoms with E-state index in [0.29, 0.717) is 5.56 Å². The van der Waals surface area contributed by atoms with Crippen LogP contribution in [0, 0.1) is 11.6 Å². The van der Waals surface area contributed by atoms with E-state index in [4.69, 9.17) is 0 Å². The van der Waals surface area contributed by atoms with Gasteiger partial charge in [0.05, 0.1) is 11.7 Å². The van der Waals surface area contributed by atoms with E-state index >= 15 is 0 Å². The Balaban J connectivity index is 2.41. The molecule has 2 rings (SSSR count). The highest BCUT2D eigenvalue weighted by atomic mass is 19.1. The average Bonchev–Trinajstić information content (AvgIpc) is 2.82. The summed E-state index contributed by atoms with van der Waals surface area (Å²) in [5.74, 6) is -1.12. The molecule has 2 aromatic rings. The molecule has 0 saturated carbocycles. The van der Waals surface area contributed by atoms with Crippen LogP contribution < -0.4 is 5.32 Å². The van der Waals surface area contributed by atoms with Crippen molar-refractivity contribution in [3.8, 4) is 0 Å². The van der Waals surface area contributed by atoms with E-state index in [-0.39, 0.29) is 6.04 Å². The maximum Gasteiger partial charge on any atom is 0.131 e. The van der Waals surface area contributed by atoms with Crippen LogP contribution in [0.15, 0.2) is 30.5 Å². The van der Waals surface area contributed by atoms with Gasteiger partial charge in [0.25, 0.3) is 0 Å². The number of rotatable bonds is 5. The largest absolute Gasteiger partial charge is 0.308 e. The molecule has 0 fully saturated rings. The molecule has 1 unspecified atom stereocenters. The zero-order valence-corrected chi connectivity index (χ0v) is 11.0. The molecule has 1 heterocycles. The van der Waals surface area contributed by atoms with Crippen LogP contribution in [0.25, 0.3) is 0 Å². The Morgan fingerprint density at radius 2 is 2.11 bits per heavy atom. The van der Waals surface area contributed by atoms with Crippen LogP contribution >= 0.6 is 0 Å². The zero-order valence-electron chi connectivity index (χ0n) is 11.0. The first-order valence-corrected chi connectivity index (χ1v) is 6.31. The number of aryl methyl sites for hydroxylation is 1. The van der Waals surface area contributed by atoms with Gasteiger partial charge in [0, 0.05) is 24.4 Å². The van der Waals surface area contributed by atoms with Gasteiger partial charge in [-0.3, -0.25) is 4.68 Å². The maximum atomic E-state index is 13.9. The van der Waals surface area contributed by atoms with Crippen LogP contribution in [0.5, 0.6) is 0 Å². The van der Waals surface area contributed by atoms with Crippen molar-refractivity contribution < 1.29 is 8.78 Å². The van der Waals surface area contributed by atoms with Crippen LogP contribution in [-0.4, -0.2) is 16.8 Å². The van der Waals surface area contributed by atoms with Crippen LogP contribution in [-0.2, 0) is 6.54 Å². The molecule has 0 aliphatic heterocycles. The van der Waals surface area contributed by atoms with Gasteiger partial charge in [0.1, 0.15) is 11.6 Å². The van der Waals surface area contributed by atoms with Gasteiger partial charge in [-0.25, -0.2) is 8.78 Å². The van der Waals surface area contributed by atoms with Crippen molar-refractivity contribution >= 4 is 0 Å². The highest BCUT2D eigenvalue weighted by Crippen LogP contribution is 2.24. The summed E-state index contributed by atoms with van der Waals surface area (Å²) in [5, 5.41) is 7.28. The molecule has 1 atom stereocenters. The molecular formula is C14H17F2N3. The van der Waals surface area contributed by atoms with Crippen LogP contribution in [0.4, 0.5) is 8.78 Å². The monoisotopic (exact) mass is 265 g/mol. The second-order valence-electron chi connectivity index (χ2n) is 4.37. The summed E-state index contributed by atoms with van der Waals surface area (Å²) < 4.78 is 28.7. The van der Waals surface area contributed by atoms with E-state index in [1.165, 1.54) is 12.1 Å². The average molecular weight is 265 g/mol. The molecule has 0 spiro atoms. The fraction of sp³-hybridized carbons (Fsp3) is 0.357. The summed E-state index contributed by atoms with van der Waals surface area (Å²) in [6.07, 6.45) is 2.63. The molecule has 0 radical (unpaired) electrons. The third-order valence-electron chi connectivity index (χ3n) is 3.04. The highest BCUT2D eigenvalue weighted by Gasteiger charge is 2.20. The van der Waals surface area contributed by atoms with Crippen molar-refractivity contribution in [1.82, 2.24) is 15.1 Å². The Kier molecular flexibility index (Phi) is 4.27. The first kappa shape index (κ1) is 13.7. The minimum absolute atomic E-state index is 0.338. The van der Waals surface area contributed by atoms with E-state index in [9.17, 15) is 8.78 Å². The summed E-state index contributed by atoms with van der Waals surface area (Å²) in [5.41, 5.74) is 1.29. The minimum atomic E-state index is -0.571. The Morgan fingerprint density at radius 3 is 2.74 bits per heavy atom. The Labute approximate surface area is 111 Å². The third-order valence-corrected chi connectivity index (χ3v) is 3.04. The number of nitrogens with zero attached hydrogens (tertiary/aromatic N) is 2. The predicted octanol–water partition coefficient (Wildman–Crippen LogP) is 2.88. The molecule has 1 aromatic heterocycles. The van der Waals surface area contributed by atoms with Crippen molar-refractivity contribution in [2.75, 3.05) is 7.05 Å². The fourth-order valence-corrected chi connectivity index (χ4v) is 2.19. The summed E-state index contributed by atoms with van der Waals surface area (Å²) in [6, 6.07) is 5.15. The zero-order chi connectivity index (χ0) is 13.8. The summed E-state index contributed by atoms with van der Waals surface area (Å²) >= 11 is 0. The van der Waals surface area contributed by atoms with E-state index in [1.54, 1.807) is 13.2 Å². The van der Waals surface area contributed by atoms with E-state index in [1.807, 2.05) is 10.7 Å². The second kappa shape index (κ2) is 5.93. The lowest BCUT2D eigenvalue weighted by atomic mass is 10.0. The Bertz CT molecular complexity index is 551. The van der Waals surface area contributed by atoms with Gasteiger partial charge >= 0.3 is 0 Å². The van der Waals surface area contributed by atoms with E-state index in [0.717, 1.165) is 24.7 Å². The number of aromatic nitrogens is 2. The van der Waals surface area contributed by atoms with Gasteiger partial charge in [-0.05, 0) is 25.6 Å². The van der Waals surface area contributed by atoms with Gasteiger partial charge in [-0.15, -0.1) is 0 Å². The maximum absolute atomic E-state index is 13.9. The summed E-state index contributed by atoms with van der Waals surface area (Å²) in [7, 11) is 1.75. The molecule has 3 nitrogen and oxygen atoms in total. The lowest BCUT2D eigenvalue weighted by Gasteiger charge is -2.19. The molecule has 19 heavy (non-hydrogen) atoms. The highest BCUT2D eigenvalue weighted by molar-refractivity contribution is 5.29. The molecule has 0 bridgehead atoms. The predicted molar refractivity (Wildman–Crippen MR) is 69.8 cm³/mol. The molecular weight excluding hydrogens is 248 g/mol. The van der Waals surface area contributed by atoms with Crippen LogP contribution in [0.3, 0.4) is 0 Å². The number of hydrogen-bond donors (Lipinski definition) is 1. The third kappa shape index (κ3) is 2.81. The summed E-state index contributed by atoms with van der Waals surface area (Å²) in [4.78, 5) is 0. The summed E-state index contributed by atoms with van der Waals surface area (Å²) in [6.45, 7) is 2.82. The second-order valence-corrected chi connectivity index (χ2v) is 4.37. The van der Waals surface area contributed by atoms with Gasteiger partial charge in [-0.1, -0.05) is 13.0 Å². The van der Waals surface area contributed by atoms with Crippen molar-refractivity contribution in [3.63, 3.8) is 0 Å². The molecule has 0 saturated heterocycles. The van der Waals surface area contributed by atoms with Crippen molar-refractivity contribution in [2.45, 2.75) is 25.9 Å². The van der Waals surface area contributed by atoms with Crippen molar-refractivity contribution in [3.05, 3.63) is 53.4 Å². The number of nitrogens with one attached hydrogen (secondary N) is 1. The lowest BCUT2D eigenvalue weighted by molar-refractivity contribution is 0.510. The van der Waals surface area contributed by atoms with Crippen LogP contribution in [0.2, 0.25) is 0 Å². The molecule has 0 aliphatic rings. The van der Waals surface area contributed by atoms with Crippen molar-refractivity contribution in [2.24, 2.45) is 0 Å². The van der Waals surface area contributed by atoms with Gasteiger partial charge < -0.3 is 5.32 Å². The fourth-order valence-electron chi connectivity index (χ4n) is 2.19. The number of halogens is 2. The lowest BCUT2D eigenvalue weighted by Crippen LogP contribution is -2.22. The number of hydrogen-bond acceptors (Lipinski definition) is 2. The minimum Gasteiger partial charge on any atom is -0.308 e. The van der Waals surface area contributed by atoms with Gasteiger partial charge in [0.2, 0.25) is 0 Å². The van der Waals surface area contributed by atoms with Gasteiger partial charge in [-0.2, -0.15) is 5.10 Å². The topological polar surface area (TPSA) is 29.9 Å². The first-order valence-electron chi connectivity index (χ1n) is 6.31. The first-order chi connectivity index (χ1) is 9.17. The molecule has 102 valence electrons. The Hall–Kier alpha value is -1.75. The van der Waals surface area contributed by atoms with E-state index in [2.05, 4.69) is 17.3 Å².